The van der Waals surface area contributed by atoms with Gasteiger partial charge in [0.25, 0.3) is 11.1 Å². The number of nitrogens with zero attached hydrogens (tertiary/aromatic N) is 5. The SMILES string of the molecule is Cc1ccc(OCC2(C)CN(C(=O)Cn3cc(NC(=O)[C@H]4C[C@H](Oc5nc(C)ns5)CO4)cn3)C2)cc1. The van der Waals surface area contributed by atoms with Crippen LogP contribution in [0, 0.1) is 19.3 Å². The van der Waals surface area contributed by atoms with Crippen LogP contribution in [0.25, 0.3) is 0 Å². The van der Waals surface area contributed by atoms with Crippen molar-refractivity contribution in [2.75, 3.05) is 31.6 Å². The second-order valence-electron chi connectivity index (χ2n) is 9.98. The zero-order valence-corrected chi connectivity index (χ0v) is 21.9. The highest BCUT2D eigenvalue weighted by Gasteiger charge is 2.42. The summed E-state index contributed by atoms with van der Waals surface area (Å²) >= 11 is 1.18. The van der Waals surface area contributed by atoms with Crippen molar-refractivity contribution in [3.8, 4) is 10.9 Å². The molecule has 2 amide bonds. The van der Waals surface area contributed by atoms with Gasteiger partial charge < -0.3 is 24.4 Å². The summed E-state index contributed by atoms with van der Waals surface area (Å²) in [5, 5.41) is 7.49. The summed E-state index contributed by atoms with van der Waals surface area (Å²) in [6, 6.07) is 7.95. The molecule has 2 fully saturated rings. The molecule has 2 aliphatic heterocycles. The minimum Gasteiger partial charge on any atom is -0.493 e. The van der Waals surface area contributed by atoms with Crippen LogP contribution in [0.1, 0.15) is 24.7 Å². The van der Waals surface area contributed by atoms with Gasteiger partial charge in [0.05, 0.1) is 25.1 Å². The van der Waals surface area contributed by atoms with Gasteiger partial charge in [0.2, 0.25) is 5.91 Å². The smallest absolute Gasteiger partial charge is 0.293 e. The van der Waals surface area contributed by atoms with Gasteiger partial charge in [-0.3, -0.25) is 14.3 Å². The average Bonchev–Trinajstić information content (AvgIpc) is 3.59. The fourth-order valence-electron chi connectivity index (χ4n) is 4.34. The lowest BCUT2D eigenvalue weighted by Crippen LogP contribution is -2.60. The molecule has 37 heavy (non-hydrogen) atoms. The molecule has 0 bridgehead atoms. The zero-order chi connectivity index (χ0) is 26.0. The van der Waals surface area contributed by atoms with Gasteiger partial charge in [0.15, 0.2) is 0 Å². The van der Waals surface area contributed by atoms with E-state index in [0.717, 1.165) is 5.75 Å². The molecule has 196 valence electrons. The van der Waals surface area contributed by atoms with Crippen LogP contribution in [-0.4, -0.2) is 74.4 Å². The lowest BCUT2D eigenvalue weighted by atomic mass is 9.83. The molecule has 1 N–H and O–H groups in total. The van der Waals surface area contributed by atoms with E-state index in [0.29, 0.717) is 49.4 Å². The molecule has 2 atom stereocenters. The van der Waals surface area contributed by atoms with E-state index in [2.05, 4.69) is 26.7 Å². The minimum atomic E-state index is -0.634. The Morgan fingerprint density at radius 1 is 1.24 bits per heavy atom. The number of hydrogen-bond donors (Lipinski definition) is 1. The van der Waals surface area contributed by atoms with Gasteiger partial charge in [-0.15, -0.1) is 0 Å². The predicted octanol–water partition coefficient (Wildman–Crippen LogP) is 2.45. The maximum absolute atomic E-state index is 12.7. The summed E-state index contributed by atoms with van der Waals surface area (Å²) < 4.78 is 22.9. The monoisotopic (exact) mass is 526 g/mol. The number of aromatic nitrogens is 4. The van der Waals surface area contributed by atoms with Gasteiger partial charge in [0.1, 0.15) is 30.3 Å². The summed E-state index contributed by atoms with van der Waals surface area (Å²) in [6.45, 7) is 8.15. The van der Waals surface area contributed by atoms with Crippen LogP contribution in [0.4, 0.5) is 5.69 Å². The maximum atomic E-state index is 12.7. The van der Waals surface area contributed by atoms with Gasteiger partial charge in [0, 0.05) is 42.7 Å². The number of amides is 2. The largest absolute Gasteiger partial charge is 0.493 e. The van der Waals surface area contributed by atoms with Crippen molar-refractivity contribution < 1.29 is 23.8 Å². The summed E-state index contributed by atoms with van der Waals surface area (Å²) in [5.74, 6) is 1.18. The number of carbonyl (C=O) groups is 2. The Morgan fingerprint density at radius 3 is 2.76 bits per heavy atom. The number of rotatable bonds is 9. The van der Waals surface area contributed by atoms with Crippen LogP contribution in [0.2, 0.25) is 0 Å². The number of anilines is 1. The summed E-state index contributed by atoms with van der Waals surface area (Å²) in [4.78, 5) is 31.3. The molecule has 2 saturated heterocycles. The fourth-order valence-corrected chi connectivity index (χ4v) is 4.95. The molecule has 0 aliphatic carbocycles. The molecule has 11 nitrogen and oxygen atoms in total. The lowest BCUT2D eigenvalue weighted by Gasteiger charge is -2.47. The highest BCUT2D eigenvalue weighted by Crippen LogP contribution is 2.31. The highest BCUT2D eigenvalue weighted by molar-refractivity contribution is 7.07. The third-order valence-electron chi connectivity index (χ3n) is 6.33. The summed E-state index contributed by atoms with van der Waals surface area (Å²) in [6.07, 6.45) is 2.69. The molecule has 4 heterocycles. The van der Waals surface area contributed by atoms with E-state index in [1.807, 2.05) is 31.2 Å². The molecule has 2 aromatic heterocycles. The van der Waals surface area contributed by atoms with Gasteiger partial charge in [-0.1, -0.05) is 24.6 Å². The Kier molecular flexibility index (Phi) is 7.11. The van der Waals surface area contributed by atoms with Crippen LogP contribution < -0.4 is 14.8 Å². The average molecular weight is 527 g/mol. The second kappa shape index (κ2) is 10.5. The molecule has 1 aromatic carbocycles. The third kappa shape index (κ3) is 6.25. The number of hydrogen-bond acceptors (Lipinski definition) is 9. The van der Waals surface area contributed by atoms with Crippen LogP contribution in [0.5, 0.6) is 10.9 Å². The minimum absolute atomic E-state index is 0.0279. The van der Waals surface area contributed by atoms with Gasteiger partial charge in [-0.25, -0.2) is 0 Å². The van der Waals surface area contributed by atoms with E-state index in [-0.39, 0.29) is 29.9 Å². The first-order valence-corrected chi connectivity index (χ1v) is 12.9. The first kappa shape index (κ1) is 25.2. The normalized spacial score (nSPS) is 20.4. The number of ether oxygens (including phenoxy) is 3. The van der Waals surface area contributed by atoms with Crippen molar-refractivity contribution in [3.05, 3.63) is 48.0 Å². The Morgan fingerprint density at radius 2 is 2.03 bits per heavy atom. The van der Waals surface area contributed by atoms with Gasteiger partial charge in [-0.05, 0) is 26.0 Å². The van der Waals surface area contributed by atoms with E-state index < -0.39 is 6.10 Å². The Hall–Kier alpha value is -3.51. The summed E-state index contributed by atoms with van der Waals surface area (Å²) in [5.41, 5.74) is 1.61. The predicted molar refractivity (Wildman–Crippen MR) is 136 cm³/mol. The van der Waals surface area contributed by atoms with E-state index in [4.69, 9.17) is 14.2 Å². The number of likely N-dealkylation sites (tertiary alicyclic amines) is 1. The zero-order valence-electron chi connectivity index (χ0n) is 21.0. The van der Waals surface area contributed by atoms with Crippen molar-refractivity contribution in [2.45, 2.75) is 45.9 Å². The number of aryl methyl sites for hydroxylation is 2. The van der Waals surface area contributed by atoms with Gasteiger partial charge in [-0.2, -0.15) is 14.5 Å². The Balaban J connectivity index is 1.04. The number of carbonyl (C=O) groups excluding carboxylic acids is 2. The first-order valence-electron chi connectivity index (χ1n) is 12.1. The molecule has 0 spiro atoms. The van der Waals surface area contributed by atoms with Crippen LogP contribution in [0.3, 0.4) is 0 Å². The molecular formula is C25H30N6O5S. The molecule has 0 unspecified atom stereocenters. The molecule has 0 radical (unpaired) electrons. The third-order valence-corrected chi connectivity index (χ3v) is 7.03. The molecule has 12 heteroatoms. The van der Waals surface area contributed by atoms with Crippen molar-refractivity contribution in [3.63, 3.8) is 0 Å². The van der Waals surface area contributed by atoms with E-state index in [9.17, 15) is 9.59 Å². The van der Waals surface area contributed by atoms with E-state index in [1.54, 1.807) is 18.0 Å². The van der Waals surface area contributed by atoms with Crippen LogP contribution >= 0.6 is 11.5 Å². The molecule has 5 rings (SSSR count). The Bertz CT molecular complexity index is 1250. The van der Waals surface area contributed by atoms with Gasteiger partial charge >= 0.3 is 0 Å². The van der Waals surface area contributed by atoms with Crippen molar-refractivity contribution >= 4 is 29.0 Å². The summed E-state index contributed by atoms with van der Waals surface area (Å²) in [7, 11) is 0. The number of benzene rings is 1. The molecular weight excluding hydrogens is 496 g/mol. The van der Waals surface area contributed by atoms with E-state index in [1.165, 1.54) is 28.0 Å². The quantitative estimate of drug-likeness (QED) is 0.451. The molecule has 0 saturated carbocycles. The van der Waals surface area contributed by atoms with Crippen LogP contribution in [-0.2, 0) is 20.9 Å². The highest BCUT2D eigenvalue weighted by atomic mass is 32.1. The topological polar surface area (TPSA) is 121 Å². The lowest BCUT2D eigenvalue weighted by molar-refractivity contribution is -0.145. The standard InChI is InChI=1S/C25H30N6O5S/c1-16-4-6-19(7-5-16)35-15-25(3)13-30(14-25)22(32)11-31-10-18(9-26-31)28-23(33)21-8-20(12-34-21)36-24-27-17(2)29-37-24/h4-7,9-10,20-21H,8,11-15H2,1-3H3,(H,28,33)/t20-,21+/m0/s1. The molecule has 2 aliphatic rings. The second-order valence-corrected chi connectivity index (χ2v) is 10.7. The molecule has 3 aromatic rings. The van der Waals surface area contributed by atoms with Crippen molar-refractivity contribution in [1.29, 1.82) is 0 Å². The van der Waals surface area contributed by atoms with Crippen LogP contribution in [0.15, 0.2) is 36.7 Å². The first-order chi connectivity index (χ1) is 17.7. The van der Waals surface area contributed by atoms with E-state index >= 15 is 0 Å². The van der Waals surface area contributed by atoms with Crippen molar-refractivity contribution in [1.82, 2.24) is 24.0 Å². The number of nitrogens with one attached hydrogen (secondary N) is 1. The van der Waals surface area contributed by atoms with Crippen molar-refractivity contribution in [2.24, 2.45) is 5.41 Å². The maximum Gasteiger partial charge on any atom is 0.293 e. The fraction of sp³-hybridized carbons (Fsp3) is 0.480. The Labute approximate surface area is 218 Å².